The van der Waals surface area contributed by atoms with Crippen molar-refractivity contribution in [1.29, 1.82) is 0 Å². The van der Waals surface area contributed by atoms with E-state index in [1.54, 1.807) is 12.5 Å². The zero-order valence-electron chi connectivity index (χ0n) is 7.84. The molecule has 0 fully saturated rings. The van der Waals surface area contributed by atoms with Gasteiger partial charge in [-0.1, -0.05) is 6.42 Å². The summed E-state index contributed by atoms with van der Waals surface area (Å²) in [6, 6.07) is 0. The molecule has 0 bridgehead atoms. The second-order valence-corrected chi connectivity index (χ2v) is 4.44. The number of hydrogen-bond acceptors (Lipinski definition) is 3. The summed E-state index contributed by atoms with van der Waals surface area (Å²) in [4.78, 5) is 8.07. The van der Waals surface area contributed by atoms with Gasteiger partial charge in [-0.05, 0) is 35.4 Å². The number of nitrogens with zero attached hydrogens (tertiary/aromatic N) is 2. The van der Waals surface area contributed by atoms with Crippen molar-refractivity contribution in [3.63, 3.8) is 0 Å². The van der Waals surface area contributed by atoms with E-state index in [9.17, 15) is 0 Å². The number of rotatable bonds is 6. The van der Waals surface area contributed by atoms with Gasteiger partial charge in [0.1, 0.15) is 12.1 Å². The van der Waals surface area contributed by atoms with Gasteiger partial charge in [-0.2, -0.15) is 0 Å². The number of nitrogens with one attached hydrogen (secondary N) is 1. The minimum atomic E-state index is 0.755. The number of unbranched alkanes of at least 4 members (excludes halogenated alkanes) is 2. The van der Waals surface area contributed by atoms with E-state index in [4.69, 9.17) is 11.6 Å². The van der Waals surface area contributed by atoms with Crippen molar-refractivity contribution >= 4 is 40.0 Å². The van der Waals surface area contributed by atoms with E-state index in [2.05, 4.69) is 37.9 Å². The quantitative estimate of drug-likeness (QED) is 0.496. The Morgan fingerprint density at radius 3 is 2.93 bits per heavy atom. The molecule has 0 aliphatic rings. The van der Waals surface area contributed by atoms with Crippen molar-refractivity contribution in [2.24, 2.45) is 0 Å². The number of anilines is 1. The molecule has 0 unspecified atom stereocenters. The van der Waals surface area contributed by atoms with Crippen LogP contribution in [0.2, 0.25) is 0 Å². The highest BCUT2D eigenvalue weighted by Crippen LogP contribution is 2.12. The van der Waals surface area contributed by atoms with Crippen LogP contribution in [0.4, 0.5) is 5.82 Å². The third-order valence-corrected chi connectivity index (χ3v) is 2.83. The standard InChI is InChI=1S/C9H13ClIN3/c10-4-2-1-3-5-13-9-8(11)6-12-7-14-9/h6-7H,1-5H2,(H,12,13,14). The summed E-state index contributed by atoms with van der Waals surface area (Å²) in [5.41, 5.74) is 0. The highest BCUT2D eigenvalue weighted by Gasteiger charge is 1.98. The Morgan fingerprint density at radius 2 is 2.21 bits per heavy atom. The normalized spacial score (nSPS) is 10.1. The smallest absolute Gasteiger partial charge is 0.142 e. The Bertz CT molecular complexity index is 270. The largest absolute Gasteiger partial charge is 0.369 e. The first-order valence-electron chi connectivity index (χ1n) is 4.60. The molecule has 0 amide bonds. The predicted molar refractivity (Wildman–Crippen MR) is 67.8 cm³/mol. The van der Waals surface area contributed by atoms with Gasteiger partial charge < -0.3 is 5.32 Å². The van der Waals surface area contributed by atoms with Crippen LogP contribution in [-0.2, 0) is 0 Å². The van der Waals surface area contributed by atoms with Crippen LogP contribution in [0.1, 0.15) is 19.3 Å². The van der Waals surface area contributed by atoms with Crippen molar-refractivity contribution < 1.29 is 0 Å². The van der Waals surface area contributed by atoms with E-state index < -0.39 is 0 Å². The first-order chi connectivity index (χ1) is 6.84. The molecule has 0 aliphatic heterocycles. The van der Waals surface area contributed by atoms with Crippen LogP contribution in [-0.4, -0.2) is 22.4 Å². The highest BCUT2D eigenvalue weighted by molar-refractivity contribution is 14.1. The van der Waals surface area contributed by atoms with Gasteiger partial charge in [-0.3, -0.25) is 0 Å². The molecular formula is C9H13ClIN3. The first-order valence-corrected chi connectivity index (χ1v) is 6.21. The lowest BCUT2D eigenvalue weighted by Crippen LogP contribution is -2.05. The maximum Gasteiger partial charge on any atom is 0.142 e. The minimum Gasteiger partial charge on any atom is -0.369 e. The van der Waals surface area contributed by atoms with Gasteiger partial charge in [-0.25, -0.2) is 9.97 Å². The van der Waals surface area contributed by atoms with Crippen molar-refractivity contribution in [3.05, 3.63) is 16.1 Å². The minimum absolute atomic E-state index is 0.755. The summed E-state index contributed by atoms with van der Waals surface area (Å²) in [6.07, 6.45) is 6.74. The number of halogens is 2. The first kappa shape index (κ1) is 12.0. The average Bonchev–Trinajstić information content (AvgIpc) is 2.20. The molecule has 0 saturated heterocycles. The van der Waals surface area contributed by atoms with Gasteiger partial charge in [0.05, 0.1) is 3.57 Å². The fourth-order valence-corrected chi connectivity index (χ4v) is 1.73. The fourth-order valence-electron chi connectivity index (χ4n) is 1.05. The Morgan fingerprint density at radius 1 is 1.36 bits per heavy atom. The lowest BCUT2D eigenvalue weighted by atomic mass is 10.2. The van der Waals surface area contributed by atoms with E-state index in [0.29, 0.717) is 0 Å². The van der Waals surface area contributed by atoms with Gasteiger partial charge in [0, 0.05) is 18.6 Å². The summed E-state index contributed by atoms with van der Waals surface area (Å²) in [7, 11) is 0. The molecule has 5 heteroatoms. The molecule has 0 atom stereocenters. The summed E-state index contributed by atoms with van der Waals surface area (Å²) in [6.45, 7) is 0.948. The van der Waals surface area contributed by atoms with Crippen LogP contribution in [0.15, 0.2) is 12.5 Å². The van der Waals surface area contributed by atoms with Crippen molar-refractivity contribution in [1.82, 2.24) is 9.97 Å². The molecule has 1 aromatic heterocycles. The molecule has 14 heavy (non-hydrogen) atoms. The lowest BCUT2D eigenvalue weighted by Gasteiger charge is -2.05. The number of aromatic nitrogens is 2. The predicted octanol–water partition coefficient (Wildman–Crippen LogP) is 2.90. The molecule has 1 N–H and O–H groups in total. The van der Waals surface area contributed by atoms with E-state index in [1.165, 1.54) is 0 Å². The van der Waals surface area contributed by atoms with Crippen LogP contribution in [0.5, 0.6) is 0 Å². The second kappa shape index (κ2) is 7.23. The van der Waals surface area contributed by atoms with Gasteiger partial charge in [0.15, 0.2) is 0 Å². The summed E-state index contributed by atoms with van der Waals surface area (Å²) in [5.74, 6) is 1.68. The van der Waals surface area contributed by atoms with E-state index >= 15 is 0 Å². The van der Waals surface area contributed by atoms with E-state index in [-0.39, 0.29) is 0 Å². The monoisotopic (exact) mass is 325 g/mol. The molecule has 0 aromatic carbocycles. The third kappa shape index (κ3) is 4.41. The van der Waals surface area contributed by atoms with Crippen molar-refractivity contribution in [3.8, 4) is 0 Å². The van der Waals surface area contributed by atoms with Gasteiger partial charge in [-0.15, -0.1) is 11.6 Å². The molecule has 0 spiro atoms. The summed E-state index contributed by atoms with van der Waals surface area (Å²) in [5, 5.41) is 3.27. The number of hydrogen-bond donors (Lipinski definition) is 1. The van der Waals surface area contributed by atoms with Crippen LogP contribution in [0, 0.1) is 3.57 Å². The van der Waals surface area contributed by atoms with Crippen molar-refractivity contribution in [2.75, 3.05) is 17.7 Å². The highest BCUT2D eigenvalue weighted by atomic mass is 127. The zero-order valence-corrected chi connectivity index (χ0v) is 10.8. The van der Waals surface area contributed by atoms with Gasteiger partial charge >= 0.3 is 0 Å². The maximum atomic E-state index is 5.58. The van der Waals surface area contributed by atoms with E-state index in [1.807, 2.05) is 0 Å². The Kier molecular flexibility index (Phi) is 6.18. The lowest BCUT2D eigenvalue weighted by molar-refractivity contribution is 0.745. The maximum absolute atomic E-state index is 5.58. The second-order valence-electron chi connectivity index (χ2n) is 2.90. The molecule has 3 nitrogen and oxygen atoms in total. The van der Waals surface area contributed by atoms with Crippen LogP contribution < -0.4 is 5.32 Å². The Labute approximate surface area is 103 Å². The van der Waals surface area contributed by atoms with Crippen molar-refractivity contribution in [2.45, 2.75) is 19.3 Å². The van der Waals surface area contributed by atoms with Crippen LogP contribution in [0.3, 0.4) is 0 Å². The molecule has 0 saturated carbocycles. The SMILES string of the molecule is ClCCCCCNc1ncncc1I. The molecule has 1 aromatic rings. The zero-order chi connectivity index (χ0) is 10.2. The molecule has 1 heterocycles. The third-order valence-electron chi connectivity index (χ3n) is 1.77. The summed E-state index contributed by atoms with van der Waals surface area (Å²) >= 11 is 7.80. The Balaban J connectivity index is 2.21. The molecular weight excluding hydrogens is 312 g/mol. The molecule has 78 valence electrons. The van der Waals surface area contributed by atoms with Crippen LogP contribution >= 0.6 is 34.2 Å². The summed E-state index contributed by atoms with van der Waals surface area (Å²) < 4.78 is 1.06. The van der Waals surface area contributed by atoms with Crippen LogP contribution in [0.25, 0.3) is 0 Å². The molecule has 0 aliphatic carbocycles. The average molecular weight is 326 g/mol. The van der Waals surface area contributed by atoms with E-state index in [0.717, 1.165) is 41.1 Å². The topological polar surface area (TPSA) is 37.8 Å². The Hall–Kier alpha value is -0.100. The molecule has 0 radical (unpaired) electrons. The van der Waals surface area contributed by atoms with Gasteiger partial charge in [0.25, 0.3) is 0 Å². The van der Waals surface area contributed by atoms with Gasteiger partial charge in [0.2, 0.25) is 0 Å². The fraction of sp³-hybridized carbons (Fsp3) is 0.556. The number of alkyl halides is 1. The molecule has 1 rings (SSSR count).